The SMILES string of the molecule is Cn1c(=O)oc2cc(S(=O)(=O)NCCOc3ccc4ccccc4c3)c(Cl)cc21. The van der Waals surface area contributed by atoms with Crippen molar-refractivity contribution in [2.75, 3.05) is 13.2 Å². The molecule has 0 fully saturated rings. The van der Waals surface area contributed by atoms with E-state index in [1.807, 2.05) is 42.5 Å². The lowest BCUT2D eigenvalue weighted by Gasteiger charge is -2.10. The summed E-state index contributed by atoms with van der Waals surface area (Å²) in [6, 6.07) is 16.2. The smallest absolute Gasteiger partial charge is 0.419 e. The molecule has 0 saturated carbocycles. The van der Waals surface area contributed by atoms with Crippen molar-refractivity contribution in [3.63, 3.8) is 0 Å². The Morgan fingerprint density at radius 3 is 2.66 bits per heavy atom. The van der Waals surface area contributed by atoms with Crippen LogP contribution in [0.5, 0.6) is 5.75 Å². The van der Waals surface area contributed by atoms with Gasteiger partial charge in [0.1, 0.15) is 17.3 Å². The lowest BCUT2D eigenvalue weighted by molar-refractivity contribution is 0.323. The molecular formula is C20H17ClN2O5S. The molecule has 0 unspecified atom stereocenters. The minimum atomic E-state index is -3.91. The molecule has 29 heavy (non-hydrogen) atoms. The molecule has 1 aromatic heterocycles. The quantitative estimate of drug-likeness (QED) is 0.472. The van der Waals surface area contributed by atoms with Crippen LogP contribution in [0.4, 0.5) is 0 Å². The summed E-state index contributed by atoms with van der Waals surface area (Å²) in [5.74, 6) is 0.0516. The summed E-state index contributed by atoms with van der Waals surface area (Å²) in [6.07, 6.45) is 0. The molecule has 0 radical (unpaired) electrons. The number of aryl methyl sites for hydroxylation is 1. The van der Waals surface area contributed by atoms with Crippen molar-refractivity contribution < 1.29 is 17.6 Å². The number of hydrogen-bond acceptors (Lipinski definition) is 5. The molecule has 0 spiro atoms. The Bertz CT molecular complexity index is 1370. The molecule has 4 rings (SSSR count). The number of rotatable bonds is 6. The van der Waals surface area contributed by atoms with E-state index in [2.05, 4.69) is 4.72 Å². The minimum absolute atomic E-state index is 0.00292. The van der Waals surface area contributed by atoms with Crippen LogP contribution < -0.4 is 15.2 Å². The van der Waals surface area contributed by atoms with E-state index >= 15 is 0 Å². The molecule has 0 aliphatic rings. The van der Waals surface area contributed by atoms with E-state index in [1.54, 1.807) is 0 Å². The van der Waals surface area contributed by atoms with Gasteiger partial charge in [-0.3, -0.25) is 4.57 Å². The van der Waals surface area contributed by atoms with Crippen LogP contribution >= 0.6 is 11.6 Å². The highest BCUT2D eigenvalue weighted by Crippen LogP contribution is 2.27. The Morgan fingerprint density at radius 1 is 1.10 bits per heavy atom. The van der Waals surface area contributed by atoms with Gasteiger partial charge in [0, 0.05) is 19.7 Å². The number of oxazole rings is 1. The van der Waals surface area contributed by atoms with E-state index in [4.69, 9.17) is 20.8 Å². The van der Waals surface area contributed by atoms with E-state index in [1.165, 1.54) is 23.7 Å². The predicted octanol–water partition coefficient (Wildman–Crippen LogP) is 3.30. The van der Waals surface area contributed by atoms with E-state index in [-0.39, 0.29) is 28.7 Å². The van der Waals surface area contributed by atoms with Gasteiger partial charge in [-0.15, -0.1) is 0 Å². The second kappa shape index (κ2) is 7.55. The summed E-state index contributed by atoms with van der Waals surface area (Å²) < 4.78 is 39.6. The van der Waals surface area contributed by atoms with E-state index < -0.39 is 15.8 Å². The van der Waals surface area contributed by atoms with Gasteiger partial charge in [0.05, 0.1) is 10.5 Å². The molecule has 9 heteroatoms. The van der Waals surface area contributed by atoms with Gasteiger partial charge in [-0.2, -0.15) is 0 Å². The zero-order chi connectivity index (χ0) is 20.6. The molecule has 0 aliphatic heterocycles. The lowest BCUT2D eigenvalue weighted by atomic mass is 10.1. The highest BCUT2D eigenvalue weighted by Gasteiger charge is 2.21. The van der Waals surface area contributed by atoms with Gasteiger partial charge in [-0.1, -0.05) is 41.9 Å². The third kappa shape index (κ3) is 3.87. The zero-order valence-electron chi connectivity index (χ0n) is 15.4. The minimum Gasteiger partial charge on any atom is -0.492 e. The van der Waals surface area contributed by atoms with Crippen molar-refractivity contribution in [3.8, 4) is 5.75 Å². The standard InChI is InChI=1S/C20H17ClN2O5S/c1-23-17-11-16(21)19(12-18(17)28-20(23)24)29(25,26)22-8-9-27-15-7-6-13-4-2-3-5-14(13)10-15/h2-7,10-12,22H,8-9H2,1H3. The fraction of sp³-hybridized carbons (Fsp3) is 0.150. The Kier molecular flexibility index (Phi) is 5.08. The molecule has 1 N–H and O–H groups in total. The normalized spacial score (nSPS) is 11.9. The van der Waals surface area contributed by atoms with Crippen molar-refractivity contribution in [3.05, 3.63) is 70.2 Å². The fourth-order valence-corrected chi connectivity index (χ4v) is 4.56. The topological polar surface area (TPSA) is 90.5 Å². The summed E-state index contributed by atoms with van der Waals surface area (Å²) in [7, 11) is -2.39. The number of aromatic nitrogens is 1. The van der Waals surface area contributed by atoms with E-state index in [9.17, 15) is 13.2 Å². The number of ether oxygens (including phenoxy) is 1. The molecular weight excluding hydrogens is 416 g/mol. The number of fused-ring (bicyclic) bond motifs is 2. The first-order valence-corrected chi connectivity index (χ1v) is 10.6. The number of sulfonamides is 1. The van der Waals surface area contributed by atoms with Gasteiger partial charge in [0.25, 0.3) is 0 Å². The number of hydrogen-bond donors (Lipinski definition) is 1. The van der Waals surface area contributed by atoms with Crippen LogP contribution in [0.3, 0.4) is 0 Å². The van der Waals surface area contributed by atoms with Gasteiger partial charge >= 0.3 is 5.76 Å². The van der Waals surface area contributed by atoms with Crippen molar-refractivity contribution in [2.24, 2.45) is 7.05 Å². The molecule has 1 heterocycles. The first kappa shape index (κ1) is 19.5. The maximum Gasteiger partial charge on any atom is 0.419 e. The monoisotopic (exact) mass is 432 g/mol. The molecule has 0 amide bonds. The summed E-state index contributed by atoms with van der Waals surface area (Å²) in [4.78, 5) is 11.4. The van der Waals surface area contributed by atoms with Gasteiger partial charge in [0.15, 0.2) is 5.58 Å². The molecule has 0 atom stereocenters. The molecule has 150 valence electrons. The number of halogens is 1. The number of nitrogens with zero attached hydrogens (tertiary/aromatic N) is 1. The molecule has 4 aromatic rings. The van der Waals surface area contributed by atoms with E-state index in [0.717, 1.165) is 10.8 Å². The van der Waals surface area contributed by atoms with Crippen LogP contribution in [0.15, 0.2) is 68.7 Å². The van der Waals surface area contributed by atoms with Crippen molar-refractivity contribution >= 4 is 43.5 Å². The van der Waals surface area contributed by atoms with Gasteiger partial charge in [-0.25, -0.2) is 17.9 Å². The summed E-state index contributed by atoms with van der Waals surface area (Å²) in [5.41, 5.74) is 0.563. The third-order valence-electron chi connectivity index (χ3n) is 4.52. The molecule has 7 nitrogen and oxygen atoms in total. The predicted molar refractivity (Wildman–Crippen MR) is 111 cm³/mol. The Hall–Kier alpha value is -2.81. The van der Waals surface area contributed by atoms with Gasteiger partial charge in [0.2, 0.25) is 10.0 Å². The third-order valence-corrected chi connectivity index (χ3v) is 6.44. The average Bonchev–Trinajstić information content (AvgIpc) is 2.98. The van der Waals surface area contributed by atoms with Gasteiger partial charge in [-0.05, 0) is 29.0 Å². The molecule has 0 saturated heterocycles. The molecule has 3 aromatic carbocycles. The lowest BCUT2D eigenvalue weighted by Crippen LogP contribution is -2.28. The fourth-order valence-electron chi connectivity index (χ4n) is 3.01. The maximum absolute atomic E-state index is 12.6. The molecule has 0 bridgehead atoms. The highest BCUT2D eigenvalue weighted by molar-refractivity contribution is 7.89. The summed E-state index contributed by atoms with van der Waals surface area (Å²) in [5, 5.41) is 2.13. The van der Waals surface area contributed by atoms with Crippen molar-refractivity contribution in [2.45, 2.75) is 4.90 Å². The largest absolute Gasteiger partial charge is 0.492 e. The van der Waals surface area contributed by atoms with E-state index in [0.29, 0.717) is 11.3 Å². The summed E-state index contributed by atoms with van der Waals surface area (Å²) in [6.45, 7) is 0.181. The van der Waals surface area contributed by atoms with Gasteiger partial charge < -0.3 is 9.15 Å². The number of nitrogens with one attached hydrogen (secondary N) is 1. The second-order valence-electron chi connectivity index (χ2n) is 6.43. The van der Waals surface area contributed by atoms with Crippen LogP contribution in [-0.4, -0.2) is 26.1 Å². The summed E-state index contributed by atoms with van der Waals surface area (Å²) >= 11 is 6.13. The van der Waals surface area contributed by atoms with Crippen LogP contribution in [-0.2, 0) is 17.1 Å². The Labute approximate surface area is 171 Å². The first-order valence-electron chi connectivity index (χ1n) is 8.75. The Balaban J connectivity index is 1.45. The Morgan fingerprint density at radius 2 is 1.86 bits per heavy atom. The van der Waals surface area contributed by atoms with Crippen LogP contribution in [0.1, 0.15) is 0 Å². The second-order valence-corrected chi connectivity index (χ2v) is 8.58. The van der Waals surface area contributed by atoms with Crippen molar-refractivity contribution in [1.29, 1.82) is 0 Å². The first-order chi connectivity index (χ1) is 13.8. The van der Waals surface area contributed by atoms with Crippen LogP contribution in [0.2, 0.25) is 5.02 Å². The van der Waals surface area contributed by atoms with Crippen molar-refractivity contribution in [1.82, 2.24) is 9.29 Å². The highest BCUT2D eigenvalue weighted by atomic mass is 35.5. The average molecular weight is 433 g/mol. The van der Waals surface area contributed by atoms with Crippen LogP contribution in [0, 0.1) is 0 Å². The molecule has 0 aliphatic carbocycles. The maximum atomic E-state index is 12.6. The number of benzene rings is 3. The van der Waals surface area contributed by atoms with Crippen LogP contribution in [0.25, 0.3) is 21.9 Å². The zero-order valence-corrected chi connectivity index (χ0v) is 17.0.